The largest absolute Gasteiger partial charge is 0.339 e. The Labute approximate surface area is 121 Å². The van der Waals surface area contributed by atoms with Gasteiger partial charge >= 0.3 is 0 Å². The molecule has 1 amide bonds. The molecule has 3 heteroatoms. The maximum absolute atomic E-state index is 12.1. The molecule has 1 aliphatic heterocycles. The Morgan fingerprint density at radius 3 is 2.65 bits per heavy atom. The minimum atomic E-state index is 0.335. The minimum Gasteiger partial charge on any atom is -0.339 e. The number of benzene rings is 1. The first kappa shape index (κ1) is 13.6. The second-order valence-electron chi connectivity index (χ2n) is 6.17. The van der Waals surface area contributed by atoms with Crippen LogP contribution in [0, 0.1) is 5.92 Å². The van der Waals surface area contributed by atoms with E-state index in [1.165, 1.54) is 12.0 Å². The molecule has 1 saturated carbocycles. The van der Waals surface area contributed by atoms with Gasteiger partial charge in [-0.15, -0.1) is 0 Å². The summed E-state index contributed by atoms with van der Waals surface area (Å²) in [5.74, 6) is 1.40. The Morgan fingerprint density at radius 1 is 1.20 bits per heavy atom. The number of nitrogens with zero attached hydrogens (tertiary/aromatic N) is 1. The van der Waals surface area contributed by atoms with Gasteiger partial charge in [0.15, 0.2) is 0 Å². The first-order valence-electron chi connectivity index (χ1n) is 7.84. The van der Waals surface area contributed by atoms with Gasteiger partial charge in [-0.3, -0.25) is 4.79 Å². The van der Waals surface area contributed by atoms with Gasteiger partial charge in [0.05, 0.1) is 0 Å². The van der Waals surface area contributed by atoms with Crippen molar-refractivity contribution in [3.05, 3.63) is 35.9 Å². The SMILES string of the molecule is NCC1CCC(c2ccccc2)CC1N1CCCC1=O. The third kappa shape index (κ3) is 2.59. The molecule has 0 bridgehead atoms. The molecule has 2 N–H and O–H groups in total. The second kappa shape index (κ2) is 5.96. The van der Waals surface area contributed by atoms with Crippen molar-refractivity contribution in [1.82, 2.24) is 4.90 Å². The molecule has 3 nitrogen and oxygen atoms in total. The highest BCUT2D eigenvalue weighted by molar-refractivity contribution is 5.78. The molecule has 0 aromatic heterocycles. The summed E-state index contributed by atoms with van der Waals surface area (Å²) >= 11 is 0. The molecular weight excluding hydrogens is 248 g/mol. The molecule has 3 rings (SSSR count). The quantitative estimate of drug-likeness (QED) is 0.919. The minimum absolute atomic E-state index is 0.335. The molecule has 0 spiro atoms. The van der Waals surface area contributed by atoms with Crippen LogP contribution in [0.2, 0.25) is 0 Å². The molecule has 1 saturated heterocycles. The van der Waals surface area contributed by atoms with Gasteiger partial charge in [0.25, 0.3) is 0 Å². The van der Waals surface area contributed by atoms with Crippen LogP contribution in [0.25, 0.3) is 0 Å². The van der Waals surface area contributed by atoms with Crippen LogP contribution in [0.15, 0.2) is 30.3 Å². The summed E-state index contributed by atoms with van der Waals surface area (Å²) in [6.07, 6.45) is 5.17. The molecule has 0 radical (unpaired) electrons. The van der Waals surface area contributed by atoms with Crippen LogP contribution < -0.4 is 5.73 Å². The fourth-order valence-electron chi connectivity index (χ4n) is 3.91. The number of nitrogens with two attached hydrogens (primary N) is 1. The zero-order valence-electron chi connectivity index (χ0n) is 12.0. The van der Waals surface area contributed by atoms with Crippen LogP contribution >= 0.6 is 0 Å². The molecule has 1 aromatic rings. The van der Waals surface area contributed by atoms with Crippen molar-refractivity contribution in [3.63, 3.8) is 0 Å². The second-order valence-corrected chi connectivity index (χ2v) is 6.17. The van der Waals surface area contributed by atoms with Crippen LogP contribution in [-0.2, 0) is 4.79 Å². The molecule has 20 heavy (non-hydrogen) atoms. The average Bonchev–Trinajstić information content (AvgIpc) is 2.93. The van der Waals surface area contributed by atoms with E-state index in [0.29, 0.717) is 30.3 Å². The Hall–Kier alpha value is -1.35. The molecule has 1 heterocycles. The summed E-state index contributed by atoms with van der Waals surface area (Å²) in [5, 5.41) is 0. The first-order valence-corrected chi connectivity index (χ1v) is 7.84. The monoisotopic (exact) mass is 272 g/mol. The number of likely N-dealkylation sites (tertiary alicyclic amines) is 1. The maximum atomic E-state index is 12.1. The molecule has 1 aromatic carbocycles. The van der Waals surface area contributed by atoms with Gasteiger partial charge in [0.1, 0.15) is 0 Å². The number of rotatable bonds is 3. The highest BCUT2D eigenvalue weighted by Gasteiger charge is 2.37. The summed E-state index contributed by atoms with van der Waals surface area (Å²) in [6.45, 7) is 1.64. The van der Waals surface area contributed by atoms with E-state index >= 15 is 0 Å². The summed E-state index contributed by atoms with van der Waals surface area (Å²) < 4.78 is 0. The van der Waals surface area contributed by atoms with Gasteiger partial charge in [0.2, 0.25) is 5.91 Å². The van der Waals surface area contributed by atoms with Gasteiger partial charge in [-0.2, -0.15) is 0 Å². The van der Waals surface area contributed by atoms with E-state index < -0.39 is 0 Å². The predicted molar refractivity (Wildman–Crippen MR) is 80.3 cm³/mol. The van der Waals surface area contributed by atoms with Crippen molar-refractivity contribution >= 4 is 5.91 Å². The van der Waals surface area contributed by atoms with Crippen molar-refractivity contribution in [2.24, 2.45) is 11.7 Å². The van der Waals surface area contributed by atoms with Crippen LogP contribution in [0.5, 0.6) is 0 Å². The van der Waals surface area contributed by atoms with Crippen LogP contribution in [0.3, 0.4) is 0 Å². The molecule has 2 fully saturated rings. The lowest BCUT2D eigenvalue weighted by molar-refractivity contribution is -0.131. The third-order valence-electron chi connectivity index (χ3n) is 5.04. The van der Waals surface area contributed by atoms with Gasteiger partial charge in [-0.25, -0.2) is 0 Å². The smallest absolute Gasteiger partial charge is 0.222 e. The summed E-state index contributed by atoms with van der Waals surface area (Å²) in [4.78, 5) is 14.2. The Kier molecular flexibility index (Phi) is 4.06. The van der Waals surface area contributed by atoms with E-state index in [1.807, 2.05) is 0 Å². The molecule has 3 atom stereocenters. The lowest BCUT2D eigenvalue weighted by Crippen LogP contribution is -2.47. The Balaban J connectivity index is 1.77. The van der Waals surface area contributed by atoms with Crippen LogP contribution in [0.1, 0.15) is 43.6 Å². The Bertz CT molecular complexity index is 459. The summed E-state index contributed by atoms with van der Waals surface area (Å²) in [7, 11) is 0. The third-order valence-corrected chi connectivity index (χ3v) is 5.04. The van der Waals surface area contributed by atoms with Crippen LogP contribution in [0.4, 0.5) is 0 Å². The van der Waals surface area contributed by atoms with Crippen molar-refractivity contribution in [2.75, 3.05) is 13.1 Å². The highest BCUT2D eigenvalue weighted by atomic mass is 16.2. The number of hydrogen-bond donors (Lipinski definition) is 1. The standard InChI is InChI=1S/C17H24N2O/c18-12-15-9-8-14(13-5-2-1-3-6-13)11-16(15)19-10-4-7-17(19)20/h1-3,5-6,14-16H,4,7-12,18H2. The number of carbonyl (C=O) groups is 1. The summed E-state index contributed by atoms with van der Waals surface area (Å²) in [6, 6.07) is 11.1. The van der Waals surface area contributed by atoms with Gasteiger partial charge in [0, 0.05) is 19.0 Å². The van der Waals surface area contributed by atoms with Crippen LogP contribution in [-0.4, -0.2) is 29.9 Å². The lowest BCUT2D eigenvalue weighted by atomic mass is 9.75. The van der Waals surface area contributed by atoms with E-state index in [9.17, 15) is 4.79 Å². The Morgan fingerprint density at radius 2 is 2.00 bits per heavy atom. The molecule has 2 aliphatic rings. The number of hydrogen-bond acceptors (Lipinski definition) is 2. The van der Waals surface area contributed by atoms with Gasteiger partial charge in [-0.1, -0.05) is 30.3 Å². The highest BCUT2D eigenvalue weighted by Crippen LogP contribution is 2.39. The van der Waals surface area contributed by atoms with E-state index in [2.05, 4.69) is 35.2 Å². The van der Waals surface area contributed by atoms with Crippen molar-refractivity contribution < 1.29 is 4.79 Å². The van der Waals surface area contributed by atoms with Crippen molar-refractivity contribution in [1.29, 1.82) is 0 Å². The van der Waals surface area contributed by atoms with Gasteiger partial charge < -0.3 is 10.6 Å². The normalized spacial score (nSPS) is 30.8. The number of amides is 1. The maximum Gasteiger partial charge on any atom is 0.222 e. The van der Waals surface area contributed by atoms with E-state index in [1.54, 1.807) is 0 Å². The number of carbonyl (C=O) groups excluding carboxylic acids is 1. The fraction of sp³-hybridized carbons (Fsp3) is 0.588. The summed E-state index contributed by atoms with van der Waals surface area (Å²) in [5.41, 5.74) is 7.37. The lowest BCUT2D eigenvalue weighted by Gasteiger charge is -2.41. The van der Waals surface area contributed by atoms with Gasteiger partial charge in [-0.05, 0) is 49.6 Å². The van der Waals surface area contributed by atoms with E-state index in [0.717, 1.165) is 32.2 Å². The van der Waals surface area contributed by atoms with Crippen molar-refractivity contribution in [3.8, 4) is 0 Å². The van der Waals surface area contributed by atoms with E-state index in [4.69, 9.17) is 5.73 Å². The van der Waals surface area contributed by atoms with Crippen molar-refractivity contribution in [2.45, 2.75) is 44.1 Å². The average molecular weight is 272 g/mol. The molecular formula is C17H24N2O. The molecule has 3 unspecified atom stereocenters. The zero-order chi connectivity index (χ0) is 13.9. The predicted octanol–water partition coefficient (Wildman–Crippen LogP) is 2.52. The molecule has 108 valence electrons. The topological polar surface area (TPSA) is 46.3 Å². The van der Waals surface area contributed by atoms with E-state index in [-0.39, 0.29) is 0 Å². The first-order chi connectivity index (χ1) is 9.79. The fourth-order valence-corrected chi connectivity index (χ4v) is 3.91. The zero-order valence-corrected chi connectivity index (χ0v) is 12.0. The molecule has 1 aliphatic carbocycles.